The number of aromatic carboxylic acids is 2. The van der Waals surface area contributed by atoms with Crippen molar-refractivity contribution in [2.24, 2.45) is 0 Å². The highest BCUT2D eigenvalue weighted by molar-refractivity contribution is 7.92. The maximum atomic E-state index is 13.2. The molecule has 3 N–H and O–H groups in total. The summed E-state index contributed by atoms with van der Waals surface area (Å²) in [7, 11) is -19.7. The zero-order valence-electron chi connectivity index (χ0n) is 22.8. The van der Waals surface area contributed by atoms with Gasteiger partial charge in [0.1, 0.15) is 14.7 Å². The van der Waals surface area contributed by atoms with E-state index in [1.807, 2.05) is 6.92 Å². The Kier molecular flexibility index (Phi) is 11.9. The summed E-state index contributed by atoms with van der Waals surface area (Å²) < 4.78 is 92.4. The summed E-state index contributed by atoms with van der Waals surface area (Å²) in [5.41, 5.74) is -2.31. The van der Waals surface area contributed by atoms with Gasteiger partial charge in [-0.2, -0.15) is 25.3 Å². The molecule has 0 spiro atoms. The molecule has 19 heteroatoms. The fourth-order valence-corrected chi connectivity index (χ4v) is 6.79. The smallest absolute Gasteiger partial charge is 0.478 e. The molecule has 0 saturated heterocycles. The van der Waals surface area contributed by atoms with Crippen molar-refractivity contribution in [2.75, 3.05) is 0 Å². The molecule has 0 aromatic heterocycles. The van der Waals surface area contributed by atoms with E-state index in [0.717, 1.165) is 42.8 Å². The van der Waals surface area contributed by atoms with Gasteiger partial charge >= 0.3 is 25.2 Å². The normalized spacial score (nSPS) is 12.6. The van der Waals surface area contributed by atoms with E-state index >= 15 is 0 Å². The first kappa shape index (κ1) is 36.1. The summed E-state index contributed by atoms with van der Waals surface area (Å²) in [6.07, 6.45) is 2.75. The molecule has 15 nitrogen and oxygen atoms in total. The first-order valence-electron chi connectivity index (χ1n) is 12.1. The highest BCUT2D eigenvalue weighted by Gasteiger charge is 2.43. The number of carbonyl (C=O) groups is 3. The van der Waals surface area contributed by atoms with E-state index in [1.165, 1.54) is 6.07 Å². The number of unbranched alkanes of at least 4 members (excludes halogenated alkanes) is 1. The Morgan fingerprint density at radius 1 is 0.795 bits per heavy atom. The van der Waals surface area contributed by atoms with Gasteiger partial charge in [0.05, 0.1) is 16.7 Å². The predicted octanol–water partition coefficient (Wildman–Crippen LogP) is 2.58. The summed E-state index contributed by atoms with van der Waals surface area (Å²) in [4.78, 5) is 31.6. The van der Waals surface area contributed by atoms with Gasteiger partial charge in [0.2, 0.25) is 0 Å². The largest absolute Gasteiger partial charge is 0.685 e. The summed E-state index contributed by atoms with van der Waals surface area (Å²) >= 11 is 0. The second-order valence-electron chi connectivity index (χ2n) is 8.47. The van der Waals surface area contributed by atoms with Crippen molar-refractivity contribution < 1.29 is 67.3 Å². The number of hydrogen-bond acceptors (Lipinski definition) is 12. The Morgan fingerprint density at radius 3 is 1.82 bits per heavy atom. The predicted molar refractivity (Wildman–Crippen MR) is 153 cm³/mol. The Bertz CT molecular complexity index is 1840. The van der Waals surface area contributed by atoms with E-state index in [4.69, 9.17) is 0 Å². The van der Waals surface area contributed by atoms with E-state index in [2.05, 4.69) is 25.5 Å². The third-order valence-corrected chi connectivity index (χ3v) is 9.47. The highest BCUT2D eigenvalue weighted by Crippen LogP contribution is 2.27. The van der Waals surface area contributed by atoms with Crippen molar-refractivity contribution in [2.45, 2.75) is 36.0 Å². The second kappa shape index (κ2) is 14.6. The van der Waals surface area contributed by atoms with Gasteiger partial charge in [0, 0.05) is 0 Å². The van der Waals surface area contributed by atoms with Gasteiger partial charge in [-0.25, -0.2) is 14.4 Å². The second-order valence-corrected chi connectivity index (χ2v) is 13.1. The fraction of sp³-hybridized carbons (Fsp3) is 0.160. The number of allylic oxidation sites excluding steroid dienone is 1. The van der Waals surface area contributed by atoms with E-state index in [-0.39, 0.29) is 0 Å². The maximum absolute atomic E-state index is 13.2. The van der Waals surface area contributed by atoms with Crippen LogP contribution >= 0.6 is 0 Å². The third kappa shape index (κ3) is 8.71. The molecule has 0 saturated carbocycles. The molecule has 0 amide bonds. The minimum Gasteiger partial charge on any atom is -0.478 e. The number of benzene rings is 2. The molecule has 0 aliphatic rings. The third-order valence-electron chi connectivity index (χ3n) is 5.52. The maximum Gasteiger partial charge on any atom is 0.685 e. The number of rotatable bonds is 17. The van der Waals surface area contributed by atoms with Crippen LogP contribution in [0.2, 0.25) is 0 Å². The minimum absolute atomic E-state index is 0.373. The summed E-state index contributed by atoms with van der Waals surface area (Å²) in [5, 5.41) is 28.3. The molecule has 236 valence electrons. The molecule has 0 radical (unpaired) electrons. The molecule has 0 aliphatic carbocycles. The number of hydrogen-bond donors (Lipinski definition) is 3. The average molecular weight is 672 g/mol. The van der Waals surface area contributed by atoms with Crippen LogP contribution in [0.1, 0.15) is 46.0 Å². The Hall–Kier alpha value is -4.14. The van der Waals surface area contributed by atoms with Gasteiger partial charge in [-0.05, 0) is 48.7 Å². The molecule has 0 atom stereocenters. The van der Waals surface area contributed by atoms with Crippen LogP contribution in [0.25, 0.3) is 0 Å². The van der Waals surface area contributed by atoms with Crippen molar-refractivity contribution in [1.29, 1.82) is 0 Å². The first-order chi connectivity index (χ1) is 20.4. The quantitative estimate of drug-likeness (QED) is 0.124. The highest BCUT2D eigenvalue weighted by atomic mass is 32.2. The Labute approximate surface area is 253 Å². The lowest BCUT2D eigenvalue weighted by atomic mass is 10.1. The van der Waals surface area contributed by atoms with E-state index in [1.54, 1.807) is 0 Å². The molecule has 44 heavy (non-hydrogen) atoms. The molecule has 0 aliphatic heterocycles. The summed E-state index contributed by atoms with van der Waals surface area (Å²) in [6, 6.07) is 6.85. The van der Waals surface area contributed by atoms with Crippen LogP contribution in [0.3, 0.4) is 0 Å². The van der Waals surface area contributed by atoms with Gasteiger partial charge in [0.15, 0.2) is 0 Å². The fourth-order valence-electron chi connectivity index (χ4n) is 3.51. The minimum atomic E-state index is -5.51. The van der Waals surface area contributed by atoms with Crippen LogP contribution in [-0.2, 0) is 53.9 Å². The van der Waals surface area contributed by atoms with Gasteiger partial charge in [-0.15, -0.1) is 0 Å². The number of carboxylic acids is 3. The summed E-state index contributed by atoms with van der Waals surface area (Å²) in [6.45, 7) is 8.16. The number of aliphatic carboxylic acids is 1. The molecular formula is C25H25BO15S3. The number of carboxylic acid groups (broad SMARTS) is 3. The summed E-state index contributed by atoms with van der Waals surface area (Å²) in [5.74, 6) is -5.37. The molecular weight excluding hydrogens is 647 g/mol. The average Bonchev–Trinajstić information content (AvgIpc) is 2.93. The lowest BCUT2D eigenvalue weighted by Crippen LogP contribution is -2.36. The van der Waals surface area contributed by atoms with Crippen molar-refractivity contribution in [3.8, 4) is 0 Å². The van der Waals surface area contributed by atoms with Crippen LogP contribution in [0.15, 0.2) is 88.0 Å². The Balaban J connectivity index is 2.74. The van der Waals surface area contributed by atoms with Gasteiger partial charge in [-0.1, -0.05) is 50.8 Å². The molecule has 2 aromatic carbocycles. The van der Waals surface area contributed by atoms with Gasteiger partial charge in [0.25, 0.3) is 30.4 Å². The van der Waals surface area contributed by atoms with Gasteiger partial charge in [-0.3, -0.25) is 12.3 Å². The molecule has 0 unspecified atom stereocenters. The van der Waals surface area contributed by atoms with Crippen LogP contribution < -0.4 is 0 Å². The van der Waals surface area contributed by atoms with Crippen molar-refractivity contribution in [3.63, 3.8) is 0 Å². The SMILES string of the molecule is C=C/C(C(=O)O)=C(\C=C)S(=O)(=O)OB(OS(=O)(=O)c1ccccc1C(=O)O)OS(=O)(=O)c1ccc(CCCC)cc1C(=O)O. The molecule has 0 heterocycles. The molecule has 2 aromatic rings. The van der Waals surface area contributed by atoms with E-state index in [0.29, 0.717) is 30.6 Å². The van der Waals surface area contributed by atoms with Crippen molar-refractivity contribution in [1.82, 2.24) is 0 Å². The van der Waals surface area contributed by atoms with Crippen LogP contribution in [0.5, 0.6) is 0 Å². The molecule has 0 fully saturated rings. The van der Waals surface area contributed by atoms with Crippen molar-refractivity contribution >= 4 is 55.6 Å². The van der Waals surface area contributed by atoms with Crippen LogP contribution in [-0.4, -0.2) is 65.8 Å². The van der Waals surface area contributed by atoms with Crippen LogP contribution in [0.4, 0.5) is 0 Å². The zero-order chi connectivity index (χ0) is 33.5. The van der Waals surface area contributed by atoms with Gasteiger partial charge < -0.3 is 15.3 Å². The first-order valence-corrected chi connectivity index (χ1v) is 16.3. The standard InChI is InChI=1S/C25H25BO15S3/c1-4-7-10-16-13-14-22(19(15-16)25(31)32)44(37,38)41-26(39-42(33,34)20(6-3)17(5-2)23(27)28)40-43(35,36)21-12-9-8-11-18(21)24(29)30/h5-6,8-9,11-15H,2-4,7,10H2,1H3,(H,27,28)(H,29,30)(H,31,32)/b20-17-. The van der Waals surface area contributed by atoms with E-state index < -0.39 is 87.0 Å². The zero-order valence-corrected chi connectivity index (χ0v) is 25.2. The topological polar surface area (TPSA) is 242 Å². The van der Waals surface area contributed by atoms with E-state index in [9.17, 15) is 55.0 Å². The lowest BCUT2D eigenvalue weighted by molar-refractivity contribution is -0.132. The monoisotopic (exact) mass is 672 g/mol. The van der Waals surface area contributed by atoms with Crippen molar-refractivity contribution in [3.05, 3.63) is 94.9 Å². The van der Waals surface area contributed by atoms with Crippen LogP contribution in [0, 0.1) is 0 Å². The lowest BCUT2D eigenvalue weighted by Gasteiger charge is -2.17. The Morgan fingerprint density at radius 2 is 1.34 bits per heavy atom. The molecule has 2 rings (SSSR count). The number of aryl methyl sites for hydroxylation is 1. The molecule has 0 bridgehead atoms.